The van der Waals surface area contributed by atoms with Crippen molar-refractivity contribution in [1.29, 1.82) is 0 Å². The summed E-state index contributed by atoms with van der Waals surface area (Å²) in [6.07, 6.45) is 2.89. The minimum atomic E-state index is -1.13. The molecular weight excluding hydrogens is 594 g/mol. The van der Waals surface area contributed by atoms with Crippen LogP contribution in [0.25, 0.3) is 0 Å². The normalized spacial score (nSPS) is 11.4. The molecule has 0 fully saturated rings. The number of nitrogens with one attached hydrogen (secondary N) is 2. The van der Waals surface area contributed by atoms with E-state index in [9.17, 15) is 28.8 Å². The molecule has 46 heavy (non-hydrogen) atoms. The summed E-state index contributed by atoms with van der Waals surface area (Å²) >= 11 is 0. The number of hydrogen-bond donors (Lipinski definition) is 2. The van der Waals surface area contributed by atoms with Crippen molar-refractivity contribution in [2.45, 2.75) is 40.5 Å². The van der Waals surface area contributed by atoms with Crippen LogP contribution in [0.15, 0.2) is 69.6 Å². The summed E-state index contributed by atoms with van der Waals surface area (Å²) in [5, 5.41) is 5.19. The molecule has 3 aromatic rings. The third kappa shape index (κ3) is 9.51. The number of carbonyl (C=O) groups is 3. The average molecular weight is 626 g/mol. The molecule has 13 nitrogen and oxygen atoms in total. The molecule has 0 aliphatic rings. The highest BCUT2D eigenvalue weighted by Gasteiger charge is 2.35. The maximum absolute atomic E-state index is 13.5. The number of carbonyl (C=O) groups excluding carboxylic acids is 6. The third-order valence-electron chi connectivity index (χ3n) is 7.21. The number of hydrogen-bond acceptors (Lipinski definition) is 11. The van der Waals surface area contributed by atoms with E-state index in [-0.39, 0.29) is 31.8 Å². The number of amides is 2. The van der Waals surface area contributed by atoms with Gasteiger partial charge in [-0.05, 0) is 98.5 Å². The summed E-state index contributed by atoms with van der Waals surface area (Å²) in [6.45, 7) is 6.30. The number of ether oxygens (including phenoxy) is 2. The first kappa shape index (κ1) is 34.5. The molecule has 0 bridgehead atoms. The van der Waals surface area contributed by atoms with Crippen LogP contribution in [0.4, 0.5) is 38.0 Å². The van der Waals surface area contributed by atoms with Crippen molar-refractivity contribution in [2.24, 2.45) is 20.4 Å². The number of aryl methyl sites for hydroxylation is 3. The van der Waals surface area contributed by atoms with E-state index < -0.39 is 17.6 Å². The smallest absolute Gasteiger partial charge is 0.411 e. The van der Waals surface area contributed by atoms with Crippen molar-refractivity contribution in [3.05, 3.63) is 76.9 Å². The molecular formula is C33H31N5O8. The lowest BCUT2D eigenvalue weighted by molar-refractivity contribution is 0.0250. The van der Waals surface area contributed by atoms with Crippen LogP contribution in [-0.4, -0.2) is 49.4 Å². The minimum absolute atomic E-state index is 0.158. The highest BCUT2D eigenvalue weighted by molar-refractivity contribution is 5.97. The van der Waals surface area contributed by atoms with Crippen LogP contribution in [0.3, 0.4) is 0 Å². The molecule has 0 radical (unpaired) electrons. The number of Topliss-reactive ketones (excluding diaryl/α,β-unsaturated/α-hetero) is 1. The van der Waals surface area contributed by atoms with Gasteiger partial charge in [-0.25, -0.2) is 24.0 Å². The maximum Gasteiger partial charge on any atom is 0.411 e. The summed E-state index contributed by atoms with van der Waals surface area (Å²) in [7, 11) is 0. The largest absolute Gasteiger partial charge is 0.449 e. The molecule has 0 heterocycles. The molecule has 0 aromatic heterocycles. The van der Waals surface area contributed by atoms with E-state index in [1.165, 1.54) is 54.6 Å². The lowest BCUT2D eigenvalue weighted by Gasteiger charge is -2.31. The molecule has 0 unspecified atom stereocenters. The number of nitrogens with zero attached hydrogens (tertiary/aromatic N) is 3. The Labute approximate surface area is 264 Å². The van der Waals surface area contributed by atoms with Gasteiger partial charge in [-0.1, -0.05) is 6.92 Å². The van der Waals surface area contributed by atoms with Gasteiger partial charge >= 0.3 is 12.2 Å². The Balaban J connectivity index is 1.79. The van der Waals surface area contributed by atoms with Crippen LogP contribution in [-0.2, 0) is 23.9 Å². The number of ketones is 1. The standard InChI is InChI=1S/C33H31N5O8/c1-5-33(15-30(42)24-6-9-27(34-18-39)21(2)12-24,16-45-31(43)37-25-7-10-28(35-19-40)22(3)13-25)17-46-32(44)38-26-8-11-29(36-20-41)23(4)14-26/h6-14H,5,15-17H2,1-4H3,(H,37,43)(H,38,44). The molecule has 0 saturated carbocycles. The number of anilines is 2. The molecule has 0 aliphatic heterocycles. The highest BCUT2D eigenvalue weighted by atomic mass is 16.6. The quantitative estimate of drug-likeness (QED) is 0.116. The third-order valence-corrected chi connectivity index (χ3v) is 7.21. The Hall–Kier alpha value is -5.99. The fraction of sp³-hybridized carbons (Fsp3) is 0.273. The Morgan fingerprint density at radius 1 is 0.674 bits per heavy atom. The Bertz CT molecular complexity index is 1700. The molecule has 0 saturated heterocycles. The van der Waals surface area contributed by atoms with Crippen molar-refractivity contribution >= 4 is 64.6 Å². The maximum atomic E-state index is 13.5. The van der Waals surface area contributed by atoms with E-state index in [0.717, 1.165) is 0 Å². The molecule has 236 valence electrons. The van der Waals surface area contributed by atoms with E-state index in [1.54, 1.807) is 45.9 Å². The molecule has 0 aliphatic carbocycles. The Morgan fingerprint density at radius 3 is 1.46 bits per heavy atom. The lowest BCUT2D eigenvalue weighted by atomic mass is 9.80. The van der Waals surface area contributed by atoms with Crippen molar-refractivity contribution in [3.8, 4) is 0 Å². The first-order chi connectivity index (χ1) is 22.0. The summed E-state index contributed by atoms with van der Waals surface area (Å²) in [5.41, 5.74) is 2.96. The summed E-state index contributed by atoms with van der Waals surface area (Å²) < 4.78 is 11.1. The Kier molecular flexibility index (Phi) is 12.1. The monoisotopic (exact) mass is 625 g/mol. The lowest BCUT2D eigenvalue weighted by Crippen LogP contribution is -2.37. The van der Waals surface area contributed by atoms with Crippen LogP contribution in [0, 0.1) is 26.2 Å². The van der Waals surface area contributed by atoms with Gasteiger partial charge in [0.05, 0.1) is 17.1 Å². The minimum Gasteiger partial charge on any atom is -0.449 e. The summed E-state index contributed by atoms with van der Waals surface area (Å²) in [6, 6.07) is 14.0. The van der Waals surface area contributed by atoms with E-state index in [0.29, 0.717) is 50.7 Å². The van der Waals surface area contributed by atoms with Gasteiger partial charge in [0.2, 0.25) is 18.2 Å². The van der Waals surface area contributed by atoms with E-state index >= 15 is 0 Å². The van der Waals surface area contributed by atoms with Crippen LogP contribution in [0.2, 0.25) is 0 Å². The summed E-state index contributed by atoms with van der Waals surface area (Å²) in [5.74, 6) is -0.316. The second-order valence-electron chi connectivity index (χ2n) is 10.5. The molecule has 2 N–H and O–H groups in total. The molecule has 3 rings (SSSR count). The average Bonchev–Trinajstić information content (AvgIpc) is 3.02. The highest BCUT2D eigenvalue weighted by Crippen LogP contribution is 2.32. The van der Waals surface area contributed by atoms with Crippen LogP contribution in [0.5, 0.6) is 0 Å². The molecule has 3 aromatic carbocycles. The van der Waals surface area contributed by atoms with Crippen LogP contribution >= 0.6 is 0 Å². The predicted molar refractivity (Wildman–Crippen MR) is 168 cm³/mol. The van der Waals surface area contributed by atoms with E-state index in [2.05, 4.69) is 25.6 Å². The van der Waals surface area contributed by atoms with Gasteiger partial charge in [0, 0.05) is 28.8 Å². The zero-order valence-electron chi connectivity index (χ0n) is 25.6. The van der Waals surface area contributed by atoms with Gasteiger partial charge in [-0.3, -0.25) is 15.4 Å². The van der Waals surface area contributed by atoms with Crippen molar-refractivity contribution in [3.63, 3.8) is 0 Å². The number of rotatable bonds is 13. The first-order valence-electron chi connectivity index (χ1n) is 14.0. The van der Waals surface area contributed by atoms with Gasteiger partial charge in [-0.2, -0.15) is 15.0 Å². The first-order valence-corrected chi connectivity index (χ1v) is 14.0. The van der Waals surface area contributed by atoms with Gasteiger partial charge in [0.25, 0.3) is 0 Å². The van der Waals surface area contributed by atoms with Crippen molar-refractivity contribution in [1.82, 2.24) is 0 Å². The number of benzene rings is 3. The van der Waals surface area contributed by atoms with E-state index in [1.807, 2.05) is 0 Å². The van der Waals surface area contributed by atoms with Crippen LogP contribution < -0.4 is 10.6 Å². The zero-order chi connectivity index (χ0) is 33.7. The predicted octanol–water partition coefficient (Wildman–Crippen LogP) is 6.98. The molecule has 2 amide bonds. The van der Waals surface area contributed by atoms with Gasteiger partial charge in [0.1, 0.15) is 13.2 Å². The number of aliphatic imine (C=N–C) groups is 3. The van der Waals surface area contributed by atoms with Gasteiger partial charge in [-0.15, -0.1) is 0 Å². The second-order valence-corrected chi connectivity index (χ2v) is 10.5. The molecule has 13 heteroatoms. The van der Waals surface area contributed by atoms with Crippen molar-refractivity contribution in [2.75, 3.05) is 23.8 Å². The second kappa shape index (κ2) is 16.2. The number of isocyanates is 3. The fourth-order valence-electron chi connectivity index (χ4n) is 4.48. The van der Waals surface area contributed by atoms with Gasteiger partial charge < -0.3 is 9.47 Å². The van der Waals surface area contributed by atoms with E-state index in [4.69, 9.17) is 9.47 Å². The zero-order valence-corrected chi connectivity index (χ0v) is 25.6. The SMILES string of the molecule is CCC(COC(=O)Nc1ccc(N=C=O)c(C)c1)(COC(=O)Nc1ccc(N=C=O)c(C)c1)CC(=O)c1ccc(N=C=O)c(C)c1. The molecule has 0 atom stereocenters. The Morgan fingerprint density at radius 2 is 1.09 bits per heavy atom. The van der Waals surface area contributed by atoms with Crippen LogP contribution in [0.1, 0.15) is 46.8 Å². The molecule has 0 spiro atoms. The fourth-order valence-corrected chi connectivity index (χ4v) is 4.48. The topological polar surface area (TPSA) is 182 Å². The summed E-state index contributed by atoms with van der Waals surface area (Å²) in [4.78, 5) is 81.7. The van der Waals surface area contributed by atoms with Crippen molar-refractivity contribution < 1.29 is 38.2 Å². The van der Waals surface area contributed by atoms with Gasteiger partial charge in [0.15, 0.2) is 5.78 Å².